The quantitative estimate of drug-likeness (QED) is 0.858. The fraction of sp³-hybridized carbons (Fsp3) is 0.300. The number of halogens is 1. The molecule has 0 aliphatic carbocycles. The molecule has 0 N–H and O–H groups in total. The molecule has 6 heteroatoms. The van der Waals surface area contributed by atoms with Crippen molar-refractivity contribution in [3.8, 4) is 0 Å². The summed E-state index contributed by atoms with van der Waals surface area (Å²) in [7, 11) is 3.89. The second kappa shape index (κ2) is 4.61. The number of aromatic nitrogens is 4. The van der Waals surface area contributed by atoms with E-state index in [0.717, 1.165) is 22.4 Å². The van der Waals surface area contributed by atoms with Crippen LogP contribution in [0.1, 0.15) is 5.56 Å². The molecule has 16 heavy (non-hydrogen) atoms. The fourth-order valence-corrected chi connectivity index (χ4v) is 2.01. The normalized spacial score (nSPS) is 10.4. The first-order chi connectivity index (χ1) is 7.66. The molecule has 0 aliphatic rings. The van der Waals surface area contributed by atoms with Crippen LogP contribution in [0.4, 0.5) is 5.82 Å². The molecule has 2 heterocycles. The van der Waals surface area contributed by atoms with Gasteiger partial charge in [-0.15, -0.1) is 0 Å². The molecule has 0 bridgehead atoms. The molecule has 0 atom stereocenters. The summed E-state index contributed by atoms with van der Waals surface area (Å²) in [4.78, 5) is 10.2. The van der Waals surface area contributed by atoms with E-state index in [1.54, 1.807) is 17.2 Å². The average Bonchev–Trinajstić information content (AvgIpc) is 2.64. The van der Waals surface area contributed by atoms with Gasteiger partial charge in [0, 0.05) is 38.6 Å². The predicted molar refractivity (Wildman–Crippen MR) is 65.0 cm³/mol. The summed E-state index contributed by atoms with van der Waals surface area (Å²) in [5.41, 5.74) is 1.15. The summed E-state index contributed by atoms with van der Waals surface area (Å²) in [5, 5.41) is 4.13. The lowest BCUT2D eigenvalue weighted by Crippen LogP contribution is -2.17. The van der Waals surface area contributed by atoms with Crippen LogP contribution in [0, 0.1) is 0 Å². The zero-order chi connectivity index (χ0) is 11.5. The van der Waals surface area contributed by atoms with Gasteiger partial charge in [-0.1, -0.05) is 0 Å². The molecule has 2 aromatic rings. The minimum absolute atomic E-state index is 0.767. The highest BCUT2D eigenvalue weighted by atomic mass is 79.9. The maximum atomic E-state index is 4.22. The topological polar surface area (TPSA) is 46.8 Å². The van der Waals surface area contributed by atoms with E-state index in [9.17, 15) is 0 Å². The van der Waals surface area contributed by atoms with Crippen LogP contribution in [0.25, 0.3) is 0 Å². The van der Waals surface area contributed by atoms with Gasteiger partial charge in [-0.2, -0.15) is 5.10 Å². The molecule has 0 fully saturated rings. The highest BCUT2D eigenvalue weighted by Gasteiger charge is 2.08. The van der Waals surface area contributed by atoms with Crippen molar-refractivity contribution in [2.45, 2.75) is 6.54 Å². The molecule has 84 valence electrons. The monoisotopic (exact) mass is 281 g/mol. The molecular weight excluding hydrogens is 270 g/mol. The van der Waals surface area contributed by atoms with Crippen LogP contribution in [0.5, 0.6) is 0 Å². The van der Waals surface area contributed by atoms with Crippen molar-refractivity contribution in [2.24, 2.45) is 7.05 Å². The number of rotatable bonds is 3. The Kier molecular flexibility index (Phi) is 3.19. The Balaban J connectivity index is 2.14. The van der Waals surface area contributed by atoms with E-state index in [4.69, 9.17) is 0 Å². The maximum absolute atomic E-state index is 4.22. The Hall–Kier alpha value is -1.43. The molecule has 0 radical (unpaired) electrons. The van der Waals surface area contributed by atoms with E-state index in [1.807, 2.05) is 31.4 Å². The van der Waals surface area contributed by atoms with Gasteiger partial charge in [-0.25, -0.2) is 9.97 Å². The molecule has 0 amide bonds. The third-order valence-electron chi connectivity index (χ3n) is 2.19. The van der Waals surface area contributed by atoms with Gasteiger partial charge in [0.1, 0.15) is 12.1 Å². The van der Waals surface area contributed by atoms with Crippen LogP contribution in [0.15, 0.2) is 29.4 Å². The summed E-state index contributed by atoms with van der Waals surface area (Å²) < 4.78 is 2.68. The second-order valence-corrected chi connectivity index (χ2v) is 4.43. The summed E-state index contributed by atoms with van der Waals surface area (Å²) in [5.74, 6) is 0.874. The average molecular weight is 282 g/mol. The summed E-state index contributed by atoms with van der Waals surface area (Å²) >= 11 is 3.43. The van der Waals surface area contributed by atoms with E-state index in [0.29, 0.717) is 0 Å². The first-order valence-electron chi connectivity index (χ1n) is 4.81. The van der Waals surface area contributed by atoms with Crippen molar-refractivity contribution in [3.63, 3.8) is 0 Å². The van der Waals surface area contributed by atoms with Crippen LogP contribution in [0.2, 0.25) is 0 Å². The van der Waals surface area contributed by atoms with E-state index in [-0.39, 0.29) is 0 Å². The maximum Gasteiger partial charge on any atom is 0.146 e. The van der Waals surface area contributed by atoms with Crippen LogP contribution in [-0.2, 0) is 13.6 Å². The highest BCUT2D eigenvalue weighted by Crippen LogP contribution is 2.21. The van der Waals surface area contributed by atoms with Gasteiger partial charge in [-0.05, 0) is 15.9 Å². The van der Waals surface area contributed by atoms with E-state index in [2.05, 4.69) is 31.0 Å². The molecule has 0 saturated carbocycles. The summed E-state index contributed by atoms with van der Waals surface area (Å²) in [6.07, 6.45) is 7.12. The zero-order valence-corrected chi connectivity index (χ0v) is 10.7. The molecule has 0 unspecified atom stereocenters. The van der Waals surface area contributed by atoms with Gasteiger partial charge < -0.3 is 4.90 Å². The Morgan fingerprint density at radius 3 is 2.88 bits per heavy atom. The fourth-order valence-electron chi connectivity index (χ4n) is 1.49. The van der Waals surface area contributed by atoms with Crippen molar-refractivity contribution in [3.05, 3.63) is 35.0 Å². The molecular formula is C10H12BrN5. The van der Waals surface area contributed by atoms with Crippen LogP contribution >= 0.6 is 15.9 Å². The smallest absolute Gasteiger partial charge is 0.146 e. The van der Waals surface area contributed by atoms with Crippen LogP contribution in [-0.4, -0.2) is 26.8 Å². The van der Waals surface area contributed by atoms with Crippen LogP contribution in [0.3, 0.4) is 0 Å². The third kappa shape index (κ3) is 2.38. The largest absolute Gasteiger partial charge is 0.354 e. The Morgan fingerprint density at radius 1 is 1.44 bits per heavy atom. The number of hydrogen-bond donors (Lipinski definition) is 0. The number of aryl methyl sites for hydroxylation is 1. The summed E-state index contributed by atoms with van der Waals surface area (Å²) in [6.45, 7) is 0.767. The van der Waals surface area contributed by atoms with Crippen molar-refractivity contribution in [1.29, 1.82) is 0 Å². The van der Waals surface area contributed by atoms with Crippen molar-refractivity contribution in [1.82, 2.24) is 19.7 Å². The van der Waals surface area contributed by atoms with E-state index < -0.39 is 0 Å². The first-order valence-corrected chi connectivity index (χ1v) is 5.60. The van der Waals surface area contributed by atoms with Crippen molar-refractivity contribution in [2.75, 3.05) is 11.9 Å². The van der Waals surface area contributed by atoms with Crippen molar-refractivity contribution < 1.29 is 0 Å². The molecule has 0 spiro atoms. The van der Waals surface area contributed by atoms with E-state index in [1.165, 1.54) is 0 Å². The molecule has 2 rings (SSSR count). The Bertz CT molecular complexity index is 482. The standard InChI is InChI=1S/C10H12BrN5/c1-15(5-8-3-14-16(2)6-8)10-9(11)4-12-7-13-10/h3-4,6-7H,5H2,1-2H3. The highest BCUT2D eigenvalue weighted by molar-refractivity contribution is 9.10. The van der Waals surface area contributed by atoms with Gasteiger partial charge in [0.15, 0.2) is 0 Å². The molecule has 5 nitrogen and oxygen atoms in total. The van der Waals surface area contributed by atoms with Gasteiger partial charge in [-0.3, -0.25) is 4.68 Å². The summed E-state index contributed by atoms with van der Waals surface area (Å²) in [6, 6.07) is 0. The second-order valence-electron chi connectivity index (χ2n) is 3.57. The van der Waals surface area contributed by atoms with Crippen molar-refractivity contribution >= 4 is 21.7 Å². The lowest BCUT2D eigenvalue weighted by atomic mass is 10.3. The van der Waals surface area contributed by atoms with Gasteiger partial charge >= 0.3 is 0 Å². The third-order valence-corrected chi connectivity index (χ3v) is 2.75. The SMILES string of the molecule is CN(Cc1cnn(C)c1)c1ncncc1Br. The number of nitrogens with zero attached hydrogens (tertiary/aromatic N) is 5. The van der Waals surface area contributed by atoms with Gasteiger partial charge in [0.25, 0.3) is 0 Å². The first kappa shape index (κ1) is 11.1. The molecule has 2 aromatic heterocycles. The molecule has 0 aliphatic heterocycles. The Morgan fingerprint density at radius 2 is 2.25 bits per heavy atom. The molecule has 0 aromatic carbocycles. The van der Waals surface area contributed by atoms with Gasteiger partial charge in [0.2, 0.25) is 0 Å². The number of anilines is 1. The minimum Gasteiger partial charge on any atom is -0.354 e. The van der Waals surface area contributed by atoms with Crippen LogP contribution < -0.4 is 4.90 Å². The number of hydrogen-bond acceptors (Lipinski definition) is 4. The minimum atomic E-state index is 0.767. The zero-order valence-electron chi connectivity index (χ0n) is 9.13. The lowest BCUT2D eigenvalue weighted by Gasteiger charge is -2.17. The lowest BCUT2D eigenvalue weighted by molar-refractivity contribution is 0.766. The van der Waals surface area contributed by atoms with Gasteiger partial charge in [0.05, 0.1) is 10.7 Å². The Labute approximate surface area is 102 Å². The van der Waals surface area contributed by atoms with E-state index >= 15 is 0 Å². The molecule has 0 saturated heterocycles. The predicted octanol–water partition coefficient (Wildman–Crippen LogP) is 1.61.